The van der Waals surface area contributed by atoms with Gasteiger partial charge < -0.3 is 10.6 Å². The average molecular weight is 548 g/mol. The average Bonchev–Trinajstić information content (AvgIpc) is 2.85. The van der Waals surface area contributed by atoms with Crippen molar-refractivity contribution in [3.05, 3.63) is 78.0 Å². The van der Waals surface area contributed by atoms with Gasteiger partial charge in [-0.2, -0.15) is 13.2 Å². The predicted molar refractivity (Wildman–Crippen MR) is 136 cm³/mol. The van der Waals surface area contributed by atoms with Crippen LogP contribution in [0.1, 0.15) is 24.0 Å². The first-order chi connectivity index (χ1) is 17.9. The molecule has 1 aliphatic heterocycles. The minimum Gasteiger partial charge on any atom is -0.354 e. The van der Waals surface area contributed by atoms with Crippen LogP contribution in [0.4, 0.5) is 29.5 Å². The van der Waals surface area contributed by atoms with E-state index in [1.54, 1.807) is 48.5 Å². The molecule has 2 aromatic carbocycles. The number of piperidine rings is 1. The second-order valence-corrected chi connectivity index (χ2v) is 10.5. The Kier molecular flexibility index (Phi) is 7.31. The third-order valence-electron chi connectivity index (χ3n) is 5.97. The number of rotatable bonds is 6. The van der Waals surface area contributed by atoms with E-state index in [1.165, 1.54) is 0 Å². The van der Waals surface area contributed by atoms with Crippen LogP contribution in [-0.4, -0.2) is 38.1 Å². The minimum absolute atomic E-state index is 0.118. The summed E-state index contributed by atoms with van der Waals surface area (Å²) in [5, 5.41) is 7.80. The molecule has 200 valence electrons. The molecule has 0 radical (unpaired) electrons. The number of nitrogens with zero attached hydrogens (tertiary/aromatic N) is 1. The van der Waals surface area contributed by atoms with Gasteiger partial charge in [0, 0.05) is 18.3 Å². The highest BCUT2D eigenvalue weighted by Gasteiger charge is 2.43. The number of benzene rings is 2. The Bertz CT molecular complexity index is 1450. The number of para-hydroxylation sites is 1. The Labute approximate surface area is 216 Å². The molecule has 0 spiro atoms. The van der Waals surface area contributed by atoms with Crippen molar-refractivity contribution >= 4 is 33.5 Å². The zero-order valence-electron chi connectivity index (χ0n) is 20.1. The van der Waals surface area contributed by atoms with E-state index in [-0.39, 0.29) is 12.2 Å². The first-order valence-electron chi connectivity index (χ1n) is 11.5. The first kappa shape index (κ1) is 26.9. The SMILES string of the molecule is CS(=O)(=O)Nc1ccccc1-c1ccc([C@]2(NC(=O)Nc3ccc(C(F)(F)F)cn3)CCCNC2=O)cc1. The molecular weight excluding hydrogens is 523 g/mol. The molecule has 4 N–H and O–H groups in total. The van der Waals surface area contributed by atoms with Crippen molar-refractivity contribution in [2.24, 2.45) is 0 Å². The van der Waals surface area contributed by atoms with Gasteiger partial charge in [0.15, 0.2) is 0 Å². The topological polar surface area (TPSA) is 129 Å². The predicted octanol–water partition coefficient (Wildman–Crippen LogP) is 4.07. The van der Waals surface area contributed by atoms with Crippen LogP contribution in [-0.2, 0) is 26.5 Å². The summed E-state index contributed by atoms with van der Waals surface area (Å²) in [5.41, 5.74) is -0.259. The summed E-state index contributed by atoms with van der Waals surface area (Å²) in [7, 11) is -3.52. The van der Waals surface area contributed by atoms with Gasteiger partial charge in [0.25, 0.3) is 0 Å². The van der Waals surface area contributed by atoms with Crippen molar-refractivity contribution in [3.8, 4) is 11.1 Å². The van der Waals surface area contributed by atoms with Crippen LogP contribution in [0.15, 0.2) is 66.9 Å². The van der Waals surface area contributed by atoms with E-state index in [9.17, 15) is 31.2 Å². The number of hydrogen-bond acceptors (Lipinski definition) is 5. The molecule has 0 saturated carbocycles. The molecule has 1 aliphatic rings. The van der Waals surface area contributed by atoms with Crippen LogP contribution in [0.2, 0.25) is 0 Å². The summed E-state index contributed by atoms with van der Waals surface area (Å²) in [6, 6.07) is 14.6. The fourth-order valence-corrected chi connectivity index (χ4v) is 4.80. The van der Waals surface area contributed by atoms with E-state index in [1.807, 2.05) is 0 Å². The summed E-state index contributed by atoms with van der Waals surface area (Å²) in [6.07, 6.45) is -2.07. The lowest BCUT2D eigenvalue weighted by atomic mass is 9.81. The summed E-state index contributed by atoms with van der Waals surface area (Å²) in [5.74, 6) is -0.557. The van der Waals surface area contributed by atoms with Crippen molar-refractivity contribution in [2.75, 3.05) is 22.8 Å². The molecule has 3 aromatic rings. The molecule has 1 atom stereocenters. The number of sulfonamides is 1. The quantitative estimate of drug-likeness (QED) is 0.370. The molecule has 4 rings (SSSR count). The second kappa shape index (κ2) is 10.3. The van der Waals surface area contributed by atoms with Gasteiger partial charge in [-0.1, -0.05) is 42.5 Å². The summed E-state index contributed by atoms with van der Waals surface area (Å²) in [4.78, 5) is 29.5. The highest BCUT2D eigenvalue weighted by atomic mass is 32.2. The fourth-order valence-electron chi connectivity index (χ4n) is 4.22. The second-order valence-electron chi connectivity index (χ2n) is 8.77. The number of urea groups is 1. The molecule has 38 heavy (non-hydrogen) atoms. The van der Waals surface area contributed by atoms with Gasteiger partial charge in [-0.05, 0) is 42.2 Å². The third kappa shape index (κ3) is 6.05. The number of carbonyl (C=O) groups excluding carboxylic acids is 2. The Balaban J connectivity index is 1.60. The summed E-state index contributed by atoms with van der Waals surface area (Å²) < 4.78 is 64.4. The minimum atomic E-state index is -4.56. The van der Waals surface area contributed by atoms with Gasteiger partial charge in [-0.15, -0.1) is 0 Å². The Morgan fingerprint density at radius 3 is 2.37 bits per heavy atom. The lowest BCUT2D eigenvalue weighted by Crippen LogP contribution is -2.60. The summed E-state index contributed by atoms with van der Waals surface area (Å²) in [6.45, 7) is 0.424. The number of carbonyl (C=O) groups is 2. The molecule has 1 saturated heterocycles. The lowest BCUT2D eigenvalue weighted by Gasteiger charge is -2.37. The van der Waals surface area contributed by atoms with E-state index in [0.717, 1.165) is 18.4 Å². The monoisotopic (exact) mass is 547 g/mol. The molecular formula is C25H24F3N5O4S. The van der Waals surface area contributed by atoms with Crippen molar-refractivity contribution < 1.29 is 31.2 Å². The largest absolute Gasteiger partial charge is 0.417 e. The number of halogens is 3. The van der Waals surface area contributed by atoms with Gasteiger partial charge >= 0.3 is 12.2 Å². The first-order valence-corrected chi connectivity index (χ1v) is 13.3. The van der Waals surface area contributed by atoms with Crippen LogP contribution in [0.25, 0.3) is 11.1 Å². The maximum atomic E-state index is 13.1. The normalized spacial score (nSPS) is 17.8. The van der Waals surface area contributed by atoms with Crippen LogP contribution in [0.3, 0.4) is 0 Å². The van der Waals surface area contributed by atoms with Crippen molar-refractivity contribution in [1.29, 1.82) is 0 Å². The Morgan fingerprint density at radius 2 is 1.76 bits per heavy atom. The van der Waals surface area contributed by atoms with Gasteiger partial charge in [0.05, 0.1) is 17.5 Å². The smallest absolute Gasteiger partial charge is 0.354 e. The standard InChI is InChI=1S/C25H24F3N5O4S/c1-38(36,37)33-20-6-3-2-5-19(20)16-7-9-17(10-8-16)24(13-4-14-29-22(24)34)32-23(35)31-21-12-11-18(15-30-21)25(26,27)28/h2-3,5-12,15,33H,4,13-14H2,1H3,(H,29,34)(H2,30,31,32,35)/t24-/m1/s1. The number of aromatic nitrogens is 1. The lowest BCUT2D eigenvalue weighted by molar-refractivity contribution is -0.137. The highest BCUT2D eigenvalue weighted by Crippen LogP contribution is 2.34. The number of pyridine rings is 1. The number of nitrogens with one attached hydrogen (secondary N) is 4. The van der Waals surface area contributed by atoms with Crippen molar-refractivity contribution in [2.45, 2.75) is 24.6 Å². The van der Waals surface area contributed by atoms with Crippen LogP contribution in [0.5, 0.6) is 0 Å². The van der Waals surface area contributed by atoms with E-state index in [4.69, 9.17) is 0 Å². The van der Waals surface area contributed by atoms with E-state index < -0.39 is 39.2 Å². The number of alkyl halides is 3. The number of amides is 3. The Morgan fingerprint density at radius 1 is 1.05 bits per heavy atom. The molecule has 0 unspecified atom stereocenters. The van der Waals surface area contributed by atoms with E-state index in [2.05, 4.69) is 25.7 Å². The third-order valence-corrected chi connectivity index (χ3v) is 6.56. The molecule has 0 aliphatic carbocycles. The van der Waals surface area contributed by atoms with E-state index >= 15 is 0 Å². The van der Waals surface area contributed by atoms with Gasteiger partial charge in [-0.3, -0.25) is 14.8 Å². The molecule has 2 heterocycles. The van der Waals surface area contributed by atoms with Gasteiger partial charge in [0.2, 0.25) is 15.9 Å². The summed E-state index contributed by atoms with van der Waals surface area (Å²) >= 11 is 0. The molecule has 9 nitrogen and oxygen atoms in total. The maximum absolute atomic E-state index is 13.1. The van der Waals surface area contributed by atoms with Gasteiger partial charge in [-0.25, -0.2) is 18.2 Å². The molecule has 0 bridgehead atoms. The Hall–Kier alpha value is -4.13. The maximum Gasteiger partial charge on any atom is 0.417 e. The van der Waals surface area contributed by atoms with E-state index in [0.29, 0.717) is 41.5 Å². The molecule has 1 aromatic heterocycles. The number of hydrogen-bond donors (Lipinski definition) is 4. The fraction of sp³-hybridized carbons (Fsp3) is 0.240. The highest BCUT2D eigenvalue weighted by molar-refractivity contribution is 7.92. The molecule has 1 fully saturated rings. The van der Waals surface area contributed by atoms with Crippen molar-refractivity contribution in [3.63, 3.8) is 0 Å². The van der Waals surface area contributed by atoms with Crippen LogP contribution in [0, 0.1) is 0 Å². The van der Waals surface area contributed by atoms with Crippen LogP contribution >= 0.6 is 0 Å². The molecule has 3 amide bonds. The zero-order chi connectivity index (χ0) is 27.6. The van der Waals surface area contributed by atoms with Gasteiger partial charge in [0.1, 0.15) is 11.4 Å². The van der Waals surface area contributed by atoms with Crippen molar-refractivity contribution in [1.82, 2.24) is 15.6 Å². The number of anilines is 2. The molecule has 13 heteroatoms. The zero-order valence-corrected chi connectivity index (χ0v) is 20.9. The van der Waals surface area contributed by atoms with Crippen LogP contribution < -0.4 is 20.7 Å².